The van der Waals surface area contributed by atoms with Crippen molar-refractivity contribution >= 4 is 28.9 Å². The van der Waals surface area contributed by atoms with E-state index in [2.05, 4.69) is 47.1 Å². The lowest BCUT2D eigenvalue weighted by Gasteiger charge is -2.42. The fraction of sp³-hybridized carbons (Fsp3) is 0.391. The Morgan fingerprint density at radius 3 is 2.65 bits per heavy atom. The summed E-state index contributed by atoms with van der Waals surface area (Å²) < 4.78 is 1.91. The summed E-state index contributed by atoms with van der Waals surface area (Å²) >= 11 is 0. The Morgan fingerprint density at radius 1 is 1.19 bits per heavy atom. The van der Waals surface area contributed by atoms with Crippen molar-refractivity contribution in [2.24, 2.45) is 0 Å². The van der Waals surface area contributed by atoms with Crippen molar-refractivity contribution in [3.05, 3.63) is 42.4 Å². The quantitative estimate of drug-likeness (QED) is 0.674. The van der Waals surface area contributed by atoms with Gasteiger partial charge in [-0.2, -0.15) is 5.10 Å². The highest BCUT2D eigenvalue weighted by Crippen LogP contribution is 2.39. The summed E-state index contributed by atoms with van der Waals surface area (Å²) in [7, 11) is 1.83. The van der Waals surface area contributed by atoms with E-state index < -0.39 is 0 Å². The third-order valence-electron chi connectivity index (χ3n) is 5.73. The van der Waals surface area contributed by atoms with Crippen molar-refractivity contribution in [3.63, 3.8) is 0 Å². The van der Waals surface area contributed by atoms with Gasteiger partial charge in [0.2, 0.25) is 11.9 Å². The number of fused-ring (bicyclic) bond motifs is 1. The molecule has 0 radical (unpaired) electrons. The molecular formula is C23H29N7O. The average Bonchev–Trinajstić information content (AvgIpc) is 3.13. The van der Waals surface area contributed by atoms with E-state index in [4.69, 9.17) is 4.98 Å². The van der Waals surface area contributed by atoms with Crippen LogP contribution in [0.3, 0.4) is 0 Å². The summed E-state index contributed by atoms with van der Waals surface area (Å²) in [4.78, 5) is 25.6. The Balaban J connectivity index is 1.67. The van der Waals surface area contributed by atoms with Crippen LogP contribution >= 0.6 is 0 Å². The highest BCUT2D eigenvalue weighted by atomic mass is 16.2. The molecule has 2 aromatic heterocycles. The lowest BCUT2D eigenvalue weighted by atomic mass is 10.0. The lowest BCUT2D eigenvalue weighted by molar-refractivity contribution is -0.119. The van der Waals surface area contributed by atoms with Gasteiger partial charge in [0, 0.05) is 43.3 Å². The van der Waals surface area contributed by atoms with E-state index in [1.54, 1.807) is 11.1 Å². The molecule has 8 heteroatoms. The van der Waals surface area contributed by atoms with Gasteiger partial charge in [-0.3, -0.25) is 9.48 Å². The first-order chi connectivity index (χ1) is 14.8. The minimum Gasteiger partial charge on any atom is -0.356 e. The first kappa shape index (κ1) is 20.8. The van der Waals surface area contributed by atoms with Gasteiger partial charge in [0.25, 0.3) is 0 Å². The van der Waals surface area contributed by atoms with Crippen LogP contribution in [-0.4, -0.2) is 44.8 Å². The van der Waals surface area contributed by atoms with Gasteiger partial charge in [-0.05, 0) is 58.9 Å². The number of hydrogen-bond donors (Lipinski definition) is 1. The van der Waals surface area contributed by atoms with Crippen LogP contribution in [0.25, 0.3) is 11.3 Å². The average molecular weight is 420 g/mol. The fourth-order valence-corrected chi connectivity index (χ4v) is 4.17. The number of nitrogens with one attached hydrogen (secondary N) is 1. The number of carbonyl (C=O) groups is 1. The number of aromatic nitrogens is 4. The molecule has 0 spiro atoms. The van der Waals surface area contributed by atoms with Crippen LogP contribution < -0.4 is 15.1 Å². The smallest absolute Gasteiger partial charge is 0.249 e. The Morgan fingerprint density at radius 2 is 1.97 bits per heavy atom. The maximum atomic E-state index is 12.6. The molecule has 1 N–H and O–H groups in total. The molecule has 4 rings (SSSR count). The first-order valence-corrected chi connectivity index (χ1v) is 10.6. The third kappa shape index (κ3) is 3.73. The fourth-order valence-electron chi connectivity index (χ4n) is 4.17. The molecule has 1 aromatic carbocycles. The highest BCUT2D eigenvalue weighted by molar-refractivity contribution is 6.05. The molecule has 3 aromatic rings. The second kappa shape index (κ2) is 8.02. The Labute approximate surface area is 182 Å². The summed E-state index contributed by atoms with van der Waals surface area (Å²) in [5, 5.41) is 7.84. The Kier molecular flexibility index (Phi) is 5.39. The van der Waals surface area contributed by atoms with Crippen LogP contribution in [-0.2, 0) is 11.3 Å². The normalized spacial score (nSPS) is 16.1. The Bertz CT molecular complexity index is 1120. The zero-order valence-electron chi connectivity index (χ0n) is 18.9. The standard InChI is InChI=1S/C23H29N7O/c1-7-29-13-18(15(4)27-29)19-10-11-24-23(26-19)25-17-8-9-20-21(12-17)30(14(2)3)16(5)22(31)28(20)6/h8-14,16H,7H2,1-6H3,(H,24,25,26)/t16-/m1/s1. The van der Waals surface area contributed by atoms with Gasteiger partial charge in [0.1, 0.15) is 6.04 Å². The van der Waals surface area contributed by atoms with Gasteiger partial charge in [-0.15, -0.1) is 0 Å². The summed E-state index contributed by atoms with van der Waals surface area (Å²) in [5.74, 6) is 0.617. The largest absolute Gasteiger partial charge is 0.356 e. The molecule has 0 aliphatic carbocycles. The van der Waals surface area contributed by atoms with Crippen molar-refractivity contribution in [2.45, 2.75) is 53.2 Å². The van der Waals surface area contributed by atoms with Gasteiger partial charge in [0.15, 0.2) is 0 Å². The zero-order valence-corrected chi connectivity index (χ0v) is 18.9. The van der Waals surface area contributed by atoms with Gasteiger partial charge in [-0.25, -0.2) is 9.97 Å². The maximum absolute atomic E-state index is 12.6. The number of aryl methyl sites for hydroxylation is 2. The lowest BCUT2D eigenvalue weighted by Crippen LogP contribution is -2.53. The summed E-state index contributed by atoms with van der Waals surface area (Å²) in [5.41, 5.74) is 5.56. The van der Waals surface area contributed by atoms with Crippen molar-refractivity contribution < 1.29 is 4.79 Å². The van der Waals surface area contributed by atoms with E-state index in [1.165, 1.54) is 0 Å². The number of likely N-dealkylation sites (N-methyl/N-ethyl adjacent to an activating group) is 1. The van der Waals surface area contributed by atoms with Crippen LogP contribution in [0.1, 0.15) is 33.4 Å². The molecule has 3 heterocycles. The zero-order chi connectivity index (χ0) is 22.3. The van der Waals surface area contributed by atoms with Gasteiger partial charge < -0.3 is 15.1 Å². The molecule has 162 valence electrons. The summed E-state index contributed by atoms with van der Waals surface area (Å²) in [6.07, 6.45) is 3.76. The molecule has 0 saturated heterocycles. The molecule has 0 bridgehead atoms. The molecule has 1 atom stereocenters. The maximum Gasteiger partial charge on any atom is 0.249 e. The van der Waals surface area contributed by atoms with E-state index in [9.17, 15) is 4.79 Å². The van der Waals surface area contributed by atoms with Crippen molar-refractivity contribution in [1.29, 1.82) is 0 Å². The number of carbonyl (C=O) groups excluding carboxylic acids is 1. The van der Waals surface area contributed by atoms with Crippen LogP contribution in [0.5, 0.6) is 0 Å². The van der Waals surface area contributed by atoms with Gasteiger partial charge >= 0.3 is 0 Å². The van der Waals surface area contributed by atoms with Crippen LogP contribution in [0, 0.1) is 6.92 Å². The molecule has 0 unspecified atom stereocenters. The summed E-state index contributed by atoms with van der Waals surface area (Å²) in [6, 6.07) is 7.85. The van der Waals surface area contributed by atoms with Crippen molar-refractivity contribution in [2.75, 3.05) is 22.2 Å². The molecular weight excluding hydrogens is 390 g/mol. The molecule has 1 aliphatic heterocycles. The van der Waals surface area contributed by atoms with Crippen LogP contribution in [0.2, 0.25) is 0 Å². The second-order valence-electron chi connectivity index (χ2n) is 8.15. The van der Waals surface area contributed by atoms with Crippen LogP contribution in [0.15, 0.2) is 36.7 Å². The van der Waals surface area contributed by atoms with Gasteiger partial charge in [0.05, 0.1) is 22.8 Å². The number of nitrogens with zero attached hydrogens (tertiary/aromatic N) is 6. The van der Waals surface area contributed by atoms with Gasteiger partial charge in [-0.1, -0.05) is 0 Å². The first-order valence-electron chi connectivity index (χ1n) is 10.6. The minimum atomic E-state index is -0.217. The number of amides is 1. The molecule has 8 nitrogen and oxygen atoms in total. The molecule has 1 aliphatic rings. The number of hydrogen-bond acceptors (Lipinski definition) is 6. The van der Waals surface area contributed by atoms with E-state index in [-0.39, 0.29) is 18.0 Å². The predicted molar refractivity (Wildman–Crippen MR) is 124 cm³/mol. The second-order valence-corrected chi connectivity index (χ2v) is 8.15. The van der Waals surface area contributed by atoms with Crippen LogP contribution in [0.4, 0.5) is 23.0 Å². The Hall–Kier alpha value is -3.42. The van der Waals surface area contributed by atoms with Crippen molar-refractivity contribution in [3.8, 4) is 11.3 Å². The van der Waals surface area contributed by atoms with E-state index in [0.717, 1.165) is 40.6 Å². The topological polar surface area (TPSA) is 79.2 Å². The molecule has 1 amide bonds. The van der Waals surface area contributed by atoms with E-state index in [1.807, 2.05) is 50.0 Å². The SMILES string of the molecule is CCn1cc(-c2ccnc(Nc3ccc4c(c3)N(C(C)C)[C@H](C)C(=O)N4C)n2)c(C)n1. The monoisotopic (exact) mass is 419 g/mol. The third-order valence-corrected chi connectivity index (χ3v) is 5.73. The number of benzene rings is 1. The molecule has 0 saturated carbocycles. The molecule has 31 heavy (non-hydrogen) atoms. The highest BCUT2D eigenvalue weighted by Gasteiger charge is 2.34. The number of rotatable bonds is 5. The van der Waals surface area contributed by atoms with Crippen molar-refractivity contribution in [1.82, 2.24) is 19.7 Å². The molecule has 0 fully saturated rings. The van der Waals surface area contributed by atoms with E-state index in [0.29, 0.717) is 5.95 Å². The van der Waals surface area contributed by atoms with E-state index >= 15 is 0 Å². The minimum absolute atomic E-state index is 0.0981. The number of anilines is 4. The predicted octanol–water partition coefficient (Wildman–Crippen LogP) is 3.99. The summed E-state index contributed by atoms with van der Waals surface area (Å²) in [6.45, 7) is 11.0.